The molecular weight excluding hydrogens is 421 g/mol. The van der Waals surface area contributed by atoms with E-state index in [1.807, 2.05) is 24.3 Å². The van der Waals surface area contributed by atoms with Crippen molar-refractivity contribution in [3.05, 3.63) is 94.0 Å². The molecule has 0 unspecified atom stereocenters. The number of carboxylic acids is 1. The summed E-state index contributed by atoms with van der Waals surface area (Å²) in [7, 11) is 0. The van der Waals surface area contributed by atoms with Crippen LogP contribution < -0.4 is 40.0 Å². The topological polar surface area (TPSA) is 72.4 Å². The molecule has 1 aliphatic rings. The molecule has 6 heteroatoms. The molecule has 154 valence electrons. The zero-order chi connectivity index (χ0) is 21.1. The van der Waals surface area contributed by atoms with Crippen LogP contribution >= 0.6 is 11.6 Å². The van der Waals surface area contributed by atoms with Crippen molar-refractivity contribution in [3.63, 3.8) is 0 Å². The van der Waals surface area contributed by atoms with Gasteiger partial charge in [-0.05, 0) is 64.8 Å². The summed E-state index contributed by atoms with van der Waals surface area (Å²) in [6.07, 6.45) is 2.31. The molecule has 31 heavy (non-hydrogen) atoms. The molecule has 0 amide bonds. The number of aromatic carboxylic acids is 1. The molecule has 0 aromatic heterocycles. The fraction of sp³-hybridized carbons (Fsp3) is 0.240. The van der Waals surface area contributed by atoms with E-state index in [1.165, 1.54) is 11.1 Å². The number of fused-ring (bicyclic) bond motifs is 1. The molecule has 0 saturated heterocycles. The third kappa shape index (κ3) is 5.98. The summed E-state index contributed by atoms with van der Waals surface area (Å²) in [4.78, 5) is 11.0. The molecule has 0 radical (unpaired) electrons. The molecule has 0 aliphatic heterocycles. The Hall–Kier alpha value is -1.66. The van der Waals surface area contributed by atoms with Crippen molar-refractivity contribution in [1.29, 1.82) is 0 Å². The van der Waals surface area contributed by atoms with Crippen LogP contribution in [0.2, 0.25) is 5.02 Å². The van der Waals surface area contributed by atoms with Gasteiger partial charge in [0.2, 0.25) is 0 Å². The Bertz CT molecular complexity index is 1050. The van der Waals surface area contributed by atoms with Gasteiger partial charge in [0, 0.05) is 17.6 Å². The zero-order valence-corrected chi connectivity index (χ0v) is 20.2. The second-order valence-corrected chi connectivity index (χ2v) is 8.20. The van der Waals surface area contributed by atoms with Gasteiger partial charge in [0.05, 0.1) is 12.1 Å². The molecule has 1 aliphatic carbocycles. The second kappa shape index (κ2) is 10.8. The van der Waals surface area contributed by atoms with Crippen molar-refractivity contribution in [2.75, 3.05) is 6.54 Å². The number of nitrogens with one attached hydrogen (secondary N) is 1. The number of aryl methyl sites for hydroxylation is 1. The van der Waals surface area contributed by atoms with E-state index in [0.717, 1.165) is 36.0 Å². The minimum absolute atomic E-state index is 0. The standard InChI is InChI=1S/C25H24ClNO3.Na/c26-22-3-1-2-20(13-22)24(28)15-27-23-11-10-17-6-9-19(12-21(17)14-23)16-4-7-18(8-5-16)25(29)30;/h1-9,12-13,23-24,27-28H,10-11,14-15H2,(H,29,30);/q;+1/p-1/t23-,24-;/m0./s1. The van der Waals surface area contributed by atoms with Crippen LogP contribution in [-0.2, 0) is 12.8 Å². The van der Waals surface area contributed by atoms with Crippen LogP contribution in [0.3, 0.4) is 0 Å². The summed E-state index contributed by atoms with van der Waals surface area (Å²) in [5.41, 5.74) is 5.68. The fourth-order valence-corrected chi connectivity index (χ4v) is 4.22. The maximum atomic E-state index is 11.0. The molecule has 4 rings (SSSR count). The van der Waals surface area contributed by atoms with Crippen LogP contribution in [0.25, 0.3) is 11.1 Å². The first-order chi connectivity index (χ1) is 14.5. The molecule has 0 heterocycles. The fourth-order valence-electron chi connectivity index (χ4n) is 4.02. The van der Waals surface area contributed by atoms with E-state index in [4.69, 9.17) is 11.6 Å². The van der Waals surface area contributed by atoms with E-state index >= 15 is 0 Å². The van der Waals surface area contributed by atoms with Crippen LogP contribution in [0, 0.1) is 0 Å². The summed E-state index contributed by atoms with van der Waals surface area (Å²) in [5.74, 6) is -1.17. The summed E-state index contributed by atoms with van der Waals surface area (Å²) in [6, 6.07) is 20.8. The largest absolute Gasteiger partial charge is 1.00 e. The number of aliphatic hydroxyl groups excluding tert-OH is 1. The van der Waals surface area contributed by atoms with Gasteiger partial charge in [0.25, 0.3) is 0 Å². The van der Waals surface area contributed by atoms with Crippen molar-refractivity contribution in [3.8, 4) is 11.1 Å². The van der Waals surface area contributed by atoms with Gasteiger partial charge in [-0.2, -0.15) is 0 Å². The Labute approximate surface area is 209 Å². The van der Waals surface area contributed by atoms with Gasteiger partial charge in [-0.3, -0.25) is 0 Å². The van der Waals surface area contributed by atoms with Crippen LogP contribution in [0.4, 0.5) is 0 Å². The van der Waals surface area contributed by atoms with E-state index in [1.54, 1.807) is 24.3 Å². The Morgan fingerprint density at radius 1 is 1.06 bits per heavy atom. The van der Waals surface area contributed by atoms with E-state index in [-0.39, 0.29) is 35.1 Å². The van der Waals surface area contributed by atoms with Crippen molar-refractivity contribution in [2.24, 2.45) is 0 Å². The number of aliphatic hydroxyl groups is 1. The SMILES string of the molecule is O=C([O-])c1ccc(-c2ccc3c(c2)C[C@@H](NC[C@H](O)c2cccc(Cl)c2)CC3)cc1.[Na+]. The first-order valence-corrected chi connectivity index (χ1v) is 10.5. The molecule has 0 saturated carbocycles. The number of hydrogen-bond acceptors (Lipinski definition) is 4. The summed E-state index contributed by atoms with van der Waals surface area (Å²) in [5, 5.41) is 25.5. The smallest absolute Gasteiger partial charge is 0.545 e. The predicted molar refractivity (Wildman–Crippen MR) is 116 cm³/mol. The number of halogens is 1. The van der Waals surface area contributed by atoms with Crippen LogP contribution in [0.5, 0.6) is 0 Å². The van der Waals surface area contributed by atoms with Gasteiger partial charge < -0.3 is 20.3 Å². The first-order valence-electron chi connectivity index (χ1n) is 10.1. The second-order valence-electron chi connectivity index (χ2n) is 7.77. The molecule has 0 fully saturated rings. The predicted octanol–water partition coefficient (Wildman–Crippen LogP) is 0.555. The van der Waals surface area contributed by atoms with E-state index < -0.39 is 12.1 Å². The molecule has 0 spiro atoms. The van der Waals surface area contributed by atoms with E-state index in [2.05, 4.69) is 23.5 Å². The van der Waals surface area contributed by atoms with Crippen molar-refractivity contribution < 1.29 is 44.6 Å². The third-order valence-electron chi connectivity index (χ3n) is 5.72. The molecule has 2 N–H and O–H groups in total. The van der Waals surface area contributed by atoms with Crippen LogP contribution in [-0.4, -0.2) is 23.7 Å². The van der Waals surface area contributed by atoms with Gasteiger partial charge in [-0.15, -0.1) is 0 Å². The maximum absolute atomic E-state index is 11.0. The summed E-state index contributed by atoms with van der Waals surface area (Å²) < 4.78 is 0. The van der Waals surface area contributed by atoms with Gasteiger partial charge in [-0.1, -0.05) is 66.2 Å². The minimum Gasteiger partial charge on any atom is -0.545 e. The molecule has 3 aromatic carbocycles. The maximum Gasteiger partial charge on any atom is 1.00 e. The average molecular weight is 444 g/mol. The molecule has 3 aromatic rings. The quantitative estimate of drug-likeness (QED) is 0.546. The first kappa shape index (κ1) is 24.0. The summed E-state index contributed by atoms with van der Waals surface area (Å²) >= 11 is 6.02. The molecular formula is C25H23ClNNaO3. The third-order valence-corrected chi connectivity index (χ3v) is 5.96. The number of carbonyl (C=O) groups excluding carboxylic acids is 1. The Balaban J connectivity index is 0.00000272. The van der Waals surface area contributed by atoms with Crippen molar-refractivity contribution >= 4 is 17.6 Å². The normalized spacial score (nSPS) is 16.1. The van der Waals surface area contributed by atoms with Crippen molar-refractivity contribution in [1.82, 2.24) is 5.32 Å². The van der Waals surface area contributed by atoms with Gasteiger partial charge in [-0.25, -0.2) is 0 Å². The number of hydrogen-bond donors (Lipinski definition) is 2. The monoisotopic (exact) mass is 443 g/mol. The number of rotatable bonds is 6. The number of carbonyl (C=O) groups is 1. The van der Waals surface area contributed by atoms with Gasteiger partial charge >= 0.3 is 29.6 Å². The minimum atomic E-state index is -1.17. The molecule has 2 atom stereocenters. The molecule has 4 nitrogen and oxygen atoms in total. The Kier molecular flexibility index (Phi) is 8.34. The van der Waals surface area contributed by atoms with Gasteiger partial charge in [0.1, 0.15) is 0 Å². The van der Waals surface area contributed by atoms with Crippen molar-refractivity contribution in [2.45, 2.75) is 31.4 Å². The number of benzene rings is 3. The van der Waals surface area contributed by atoms with E-state index in [9.17, 15) is 15.0 Å². The molecule has 0 bridgehead atoms. The Morgan fingerprint density at radius 2 is 1.81 bits per heavy atom. The number of carboxylic acid groups (broad SMARTS) is 1. The van der Waals surface area contributed by atoms with E-state index in [0.29, 0.717) is 17.6 Å². The summed E-state index contributed by atoms with van der Waals surface area (Å²) in [6.45, 7) is 0.477. The van der Waals surface area contributed by atoms with Gasteiger partial charge in [0.15, 0.2) is 0 Å². The Morgan fingerprint density at radius 3 is 2.52 bits per heavy atom. The van der Waals surface area contributed by atoms with Crippen LogP contribution in [0.15, 0.2) is 66.7 Å². The average Bonchev–Trinajstić information content (AvgIpc) is 2.77. The van der Waals surface area contributed by atoms with Crippen LogP contribution in [0.1, 0.15) is 39.6 Å². The zero-order valence-electron chi connectivity index (χ0n) is 17.5.